The molecule has 0 fully saturated rings. The van der Waals surface area contributed by atoms with Crippen LogP contribution in [0.15, 0.2) is 54.7 Å². The highest BCUT2D eigenvalue weighted by Gasteiger charge is 2.43. The lowest BCUT2D eigenvalue weighted by atomic mass is 9.99. The lowest BCUT2D eigenvalue weighted by Crippen LogP contribution is -2.25. The van der Waals surface area contributed by atoms with E-state index in [2.05, 4.69) is 14.8 Å². The Morgan fingerprint density at radius 1 is 1.07 bits per heavy atom. The predicted octanol–water partition coefficient (Wildman–Crippen LogP) is 5.62. The number of nitrogens with zero attached hydrogens (tertiary/aromatic N) is 1. The fourth-order valence-corrected chi connectivity index (χ4v) is 3.37. The van der Waals surface area contributed by atoms with Crippen LogP contribution < -0.4 is 14.8 Å². The number of carbonyl (C=O) groups is 1. The van der Waals surface area contributed by atoms with Crippen molar-refractivity contribution in [1.82, 2.24) is 4.57 Å². The van der Waals surface area contributed by atoms with Crippen molar-refractivity contribution in [2.24, 2.45) is 0 Å². The van der Waals surface area contributed by atoms with Crippen LogP contribution in [0.25, 0.3) is 11.1 Å². The van der Waals surface area contributed by atoms with Crippen LogP contribution in [-0.4, -0.2) is 16.8 Å². The first kappa shape index (κ1) is 19.0. The zero-order valence-electron chi connectivity index (χ0n) is 16.2. The first-order chi connectivity index (χ1) is 13.7. The van der Waals surface area contributed by atoms with Gasteiger partial charge in [0.05, 0.1) is 0 Å². The summed E-state index contributed by atoms with van der Waals surface area (Å²) in [4.78, 5) is 12.6. The van der Waals surface area contributed by atoms with Crippen LogP contribution in [0.1, 0.15) is 35.9 Å². The van der Waals surface area contributed by atoms with E-state index in [0.717, 1.165) is 16.7 Å². The molecule has 0 bridgehead atoms. The Kier molecular flexibility index (Phi) is 4.53. The molecular formula is C22H20F2N2O3. The van der Waals surface area contributed by atoms with Gasteiger partial charge in [-0.1, -0.05) is 12.1 Å². The molecule has 0 unspecified atom stereocenters. The molecule has 1 aliphatic rings. The maximum absolute atomic E-state index is 13.3. The van der Waals surface area contributed by atoms with Crippen molar-refractivity contribution in [3.8, 4) is 22.6 Å². The van der Waals surface area contributed by atoms with E-state index >= 15 is 0 Å². The molecule has 0 radical (unpaired) electrons. The highest BCUT2D eigenvalue weighted by atomic mass is 19.3. The van der Waals surface area contributed by atoms with E-state index < -0.39 is 6.29 Å². The second-order valence-electron chi connectivity index (χ2n) is 7.21. The molecule has 4 rings (SSSR count). The fraction of sp³-hybridized carbons (Fsp3) is 0.227. The summed E-state index contributed by atoms with van der Waals surface area (Å²) in [5, 5.41) is 2.88. The zero-order valence-corrected chi connectivity index (χ0v) is 16.2. The molecule has 150 valence electrons. The highest BCUT2D eigenvalue weighted by Crippen LogP contribution is 2.44. The first-order valence-electron chi connectivity index (χ1n) is 9.22. The van der Waals surface area contributed by atoms with Gasteiger partial charge in [0.15, 0.2) is 11.5 Å². The number of hydrogen-bond acceptors (Lipinski definition) is 3. The monoisotopic (exact) mass is 398 g/mol. The number of rotatable bonds is 4. The molecule has 7 heteroatoms. The minimum absolute atomic E-state index is 0.00225. The second kappa shape index (κ2) is 6.92. The second-order valence-corrected chi connectivity index (χ2v) is 7.21. The van der Waals surface area contributed by atoms with Crippen molar-refractivity contribution >= 4 is 11.6 Å². The van der Waals surface area contributed by atoms with E-state index in [-0.39, 0.29) is 23.4 Å². The third kappa shape index (κ3) is 3.68. The first-order valence-corrected chi connectivity index (χ1v) is 9.22. The van der Waals surface area contributed by atoms with E-state index in [1.54, 1.807) is 18.2 Å². The molecule has 1 amide bonds. The number of halogens is 2. The number of anilines is 1. The maximum atomic E-state index is 13.3. The van der Waals surface area contributed by atoms with E-state index in [0.29, 0.717) is 11.4 Å². The molecule has 0 spiro atoms. The minimum Gasteiger partial charge on any atom is -0.395 e. The quantitative estimate of drug-likeness (QED) is 0.621. The van der Waals surface area contributed by atoms with Gasteiger partial charge in [0.25, 0.3) is 5.91 Å². The number of fused-ring (bicyclic) bond motifs is 1. The van der Waals surface area contributed by atoms with E-state index in [9.17, 15) is 13.6 Å². The Morgan fingerprint density at radius 3 is 2.38 bits per heavy atom. The molecule has 1 aromatic heterocycles. The molecule has 0 atom stereocenters. The fourth-order valence-electron chi connectivity index (χ4n) is 3.37. The number of nitrogens with one attached hydrogen (secondary N) is 1. The van der Waals surface area contributed by atoms with E-state index in [4.69, 9.17) is 0 Å². The SMILES string of the molecule is Cc1cc2c(cc1-c1ccc(NC(=O)c3cccn3C(C)C)cc1)OC(F)(F)O2. The number of amides is 1. The van der Waals surface area contributed by atoms with Gasteiger partial charge in [-0.15, -0.1) is 8.78 Å². The van der Waals surface area contributed by atoms with Gasteiger partial charge in [-0.2, -0.15) is 0 Å². The molecule has 29 heavy (non-hydrogen) atoms. The van der Waals surface area contributed by atoms with Gasteiger partial charge in [0.1, 0.15) is 5.69 Å². The Balaban J connectivity index is 1.55. The Bertz CT molecular complexity index is 1070. The summed E-state index contributed by atoms with van der Waals surface area (Å²) in [6, 6.07) is 14.0. The largest absolute Gasteiger partial charge is 0.586 e. The molecule has 1 N–H and O–H groups in total. The Labute approximate surface area is 166 Å². The number of aryl methyl sites for hydroxylation is 1. The van der Waals surface area contributed by atoms with Gasteiger partial charge in [0.2, 0.25) is 0 Å². The van der Waals surface area contributed by atoms with Crippen LogP contribution in [-0.2, 0) is 0 Å². The van der Waals surface area contributed by atoms with E-state index in [1.165, 1.54) is 12.1 Å². The number of carbonyl (C=O) groups excluding carboxylic acids is 1. The van der Waals surface area contributed by atoms with Crippen molar-refractivity contribution in [1.29, 1.82) is 0 Å². The predicted molar refractivity (Wildman–Crippen MR) is 106 cm³/mol. The minimum atomic E-state index is -3.64. The molecule has 1 aliphatic heterocycles. The van der Waals surface area contributed by atoms with Crippen molar-refractivity contribution < 1.29 is 23.0 Å². The summed E-state index contributed by atoms with van der Waals surface area (Å²) in [5.74, 6) is -0.173. The van der Waals surface area contributed by atoms with Crippen molar-refractivity contribution in [3.05, 3.63) is 66.0 Å². The van der Waals surface area contributed by atoms with Crippen LogP contribution in [0.2, 0.25) is 0 Å². The van der Waals surface area contributed by atoms with Crippen LogP contribution in [0, 0.1) is 6.92 Å². The van der Waals surface area contributed by atoms with Gasteiger partial charge >= 0.3 is 6.29 Å². The van der Waals surface area contributed by atoms with Crippen LogP contribution >= 0.6 is 0 Å². The average Bonchev–Trinajstić information content (AvgIpc) is 3.25. The highest BCUT2D eigenvalue weighted by molar-refractivity contribution is 6.03. The normalized spacial score (nSPS) is 14.3. The van der Waals surface area contributed by atoms with Gasteiger partial charge in [-0.3, -0.25) is 4.79 Å². The summed E-state index contributed by atoms with van der Waals surface area (Å²) in [6.07, 6.45) is -1.77. The summed E-state index contributed by atoms with van der Waals surface area (Å²) in [5.41, 5.74) is 3.55. The van der Waals surface area contributed by atoms with Crippen LogP contribution in [0.3, 0.4) is 0 Å². The van der Waals surface area contributed by atoms with Crippen molar-refractivity contribution in [2.45, 2.75) is 33.1 Å². The molecule has 5 nitrogen and oxygen atoms in total. The molecule has 0 aliphatic carbocycles. The third-order valence-electron chi connectivity index (χ3n) is 4.77. The molecule has 0 saturated carbocycles. The zero-order chi connectivity index (χ0) is 20.8. The molecule has 2 heterocycles. The number of hydrogen-bond donors (Lipinski definition) is 1. The molecule has 3 aromatic rings. The van der Waals surface area contributed by atoms with Crippen LogP contribution in [0.4, 0.5) is 14.5 Å². The summed E-state index contributed by atoms with van der Waals surface area (Å²) < 4.78 is 37.5. The topological polar surface area (TPSA) is 52.5 Å². The van der Waals surface area contributed by atoms with Gasteiger partial charge in [-0.05, 0) is 73.9 Å². The average molecular weight is 398 g/mol. The number of alkyl halides is 2. The summed E-state index contributed by atoms with van der Waals surface area (Å²) in [7, 11) is 0. The number of benzene rings is 2. The van der Waals surface area contributed by atoms with Crippen LogP contribution in [0.5, 0.6) is 11.5 Å². The van der Waals surface area contributed by atoms with E-state index in [1.807, 2.05) is 49.7 Å². The molecule has 2 aromatic carbocycles. The smallest absolute Gasteiger partial charge is 0.395 e. The summed E-state index contributed by atoms with van der Waals surface area (Å²) in [6.45, 7) is 5.83. The van der Waals surface area contributed by atoms with Gasteiger partial charge < -0.3 is 19.4 Å². The number of aromatic nitrogens is 1. The summed E-state index contributed by atoms with van der Waals surface area (Å²) >= 11 is 0. The van der Waals surface area contributed by atoms with Gasteiger partial charge in [-0.25, -0.2) is 0 Å². The van der Waals surface area contributed by atoms with Gasteiger partial charge in [0, 0.05) is 17.9 Å². The van der Waals surface area contributed by atoms with Crippen molar-refractivity contribution in [2.75, 3.05) is 5.32 Å². The maximum Gasteiger partial charge on any atom is 0.586 e. The molecule has 0 saturated heterocycles. The standard InChI is InChI=1S/C22H20F2N2O3/c1-13(2)26-10-4-5-18(26)21(27)25-16-8-6-15(7-9-16)17-12-20-19(11-14(17)3)28-22(23,24)29-20/h4-13H,1-3H3,(H,25,27). The number of ether oxygens (including phenoxy) is 2. The lowest BCUT2D eigenvalue weighted by Gasteiger charge is -2.13. The third-order valence-corrected chi connectivity index (χ3v) is 4.77. The lowest BCUT2D eigenvalue weighted by molar-refractivity contribution is -0.286. The molecular weight excluding hydrogens is 378 g/mol. The Morgan fingerprint density at radius 2 is 1.72 bits per heavy atom. The Hall–Kier alpha value is -3.35. The van der Waals surface area contributed by atoms with Crippen molar-refractivity contribution in [3.63, 3.8) is 0 Å².